The van der Waals surface area contributed by atoms with Crippen molar-refractivity contribution in [2.24, 2.45) is 17.0 Å². The lowest BCUT2D eigenvalue weighted by atomic mass is 10.1. The van der Waals surface area contributed by atoms with Gasteiger partial charge in [0.25, 0.3) is 6.47 Å². The smallest absolute Gasteiger partial charge is 0.293 e. The molecule has 0 aliphatic rings. The fraction of sp³-hybridized carbons (Fsp3) is 0.588. The number of carbonyl (C=O) groups excluding carboxylic acids is 2. The number of nitriles is 2. The monoisotopic (exact) mass is 401 g/mol. The Balaban J connectivity index is -0.0000000611. The van der Waals surface area contributed by atoms with Gasteiger partial charge in [0.2, 0.25) is 0 Å². The number of nitroso groups, excluding NO2 is 1. The highest BCUT2D eigenvalue weighted by molar-refractivity contribution is 5.57. The fourth-order valence-electron chi connectivity index (χ4n) is 1.00. The van der Waals surface area contributed by atoms with E-state index in [4.69, 9.17) is 21.2 Å². The van der Waals surface area contributed by atoms with Crippen LogP contribution in [0, 0.1) is 33.5 Å². The van der Waals surface area contributed by atoms with Crippen molar-refractivity contribution >= 4 is 18.6 Å². The van der Waals surface area contributed by atoms with Crippen LogP contribution >= 0.6 is 0 Å². The number of nitrogens with two attached hydrogens (primary N) is 2. The van der Waals surface area contributed by atoms with Gasteiger partial charge in [-0.1, -0.05) is 20.8 Å². The lowest BCUT2D eigenvalue weighted by Crippen LogP contribution is -1.93. The van der Waals surface area contributed by atoms with Crippen LogP contribution in [0.4, 0.5) is 5.82 Å². The molecule has 1 atom stereocenters. The second-order valence-electron chi connectivity index (χ2n) is 4.51. The number of unbranched alkanes of at least 4 members (excludes halogenated alkanes) is 1. The predicted molar refractivity (Wildman–Crippen MR) is 110 cm³/mol. The summed E-state index contributed by atoms with van der Waals surface area (Å²) >= 11 is 0. The molecule has 0 amide bonds. The van der Waals surface area contributed by atoms with Crippen LogP contribution in [0.25, 0.3) is 0 Å². The average Bonchev–Trinajstić information content (AvgIpc) is 3.12. The normalized spacial score (nSPS) is 8.50. The molecule has 1 aromatic heterocycles. The third-order valence-corrected chi connectivity index (χ3v) is 2.50. The fourth-order valence-corrected chi connectivity index (χ4v) is 1.00. The number of hydrogen-bond donors (Lipinski definition) is 3. The van der Waals surface area contributed by atoms with Crippen LogP contribution in [0.2, 0.25) is 0 Å². The lowest BCUT2D eigenvalue weighted by molar-refractivity contribution is -0.128. The van der Waals surface area contributed by atoms with E-state index in [2.05, 4.69) is 20.8 Å². The van der Waals surface area contributed by atoms with Crippen LogP contribution in [0.3, 0.4) is 0 Å². The minimum Gasteiger partial charge on any atom is -0.468 e. The van der Waals surface area contributed by atoms with E-state index < -0.39 is 0 Å². The van der Waals surface area contributed by atoms with Crippen LogP contribution in [-0.2, 0) is 20.7 Å². The first-order valence-electron chi connectivity index (χ1n) is 8.51. The molecule has 0 saturated carbocycles. The number of rotatable bonds is 6. The molecule has 0 aromatic carbocycles. The number of nitrogen functional groups attached to an aromatic ring is 1. The summed E-state index contributed by atoms with van der Waals surface area (Å²) in [5.41, 5.74) is 6.52. The van der Waals surface area contributed by atoms with Gasteiger partial charge in [0.1, 0.15) is 18.0 Å². The summed E-state index contributed by atoms with van der Waals surface area (Å²) in [6.45, 7) is 8.50. The molecule has 1 heterocycles. The molecular formula is C17H35N7O4. The molecule has 0 bridgehead atoms. The van der Waals surface area contributed by atoms with E-state index in [1.54, 1.807) is 18.4 Å². The van der Waals surface area contributed by atoms with Gasteiger partial charge < -0.3 is 15.3 Å². The molecule has 0 aliphatic heterocycles. The molecule has 11 heteroatoms. The quantitative estimate of drug-likeness (QED) is 0.277. The predicted octanol–water partition coefficient (Wildman–Crippen LogP) is 2.90. The number of aromatic nitrogens is 2. The summed E-state index contributed by atoms with van der Waals surface area (Å²) in [5, 5.41) is 24.0. The topological polar surface area (TPSA) is 201 Å². The molecule has 0 saturated heterocycles. The molecule has 5 N–H and O–H groups in total. The Bertz CT molecular complexity index is 561. The maximum absolute atomic E-state index is 9.74. The minimum atomic E-state index is -0.389. The number of aryl methyl sites for hydroxylation is 1. The van der Waals surface area contributed by atoms with Gasteiger partial charge in [-0.25, -0.2) is 0 Å². The Hall–Kier alpha value is -3.47. The minimum absolute atomic E-state index is 0. The van der Waals surface area contributed by atoms with Crippen molar-refractivity contribution in [2.75, 3.05) is 12.3 Å². The Morgan fingerprint density at radius 3 is 2.00 bits per heavy atom. The third kappa shape index (κ3) is 30.4. The maximum atomic E-state index is 9.74. The number of anilines is 1. The van der Waals surface area contributed by atoms with Gasteiger partial charge in [0, 0.05) is 20.1 Å². The molecule has 11 nitrogen and oxygen atoms in total. The van der Waals surface area contributed by atoms with E-state index in [1.165, 1.54) is 0 Å². The number of aldehydes is 1. The highest BCUT2D eigenvalue weighted by Crippen LogP contribution is 2.04. The van der Waals surface area contributed by atoms with E-state index >= 15 is 0 Å². The summed E-state index contributed by atoms with van der Waals surface area (Å²) in [6, 6.07) is 3.85. The highest BCUT2D eigenvalue weighted by Gasteiger charge is 1.97. The number of nitrogens with zero attached hydrogens (tertiary/aromatic N) is 4. The zero-order chi connectivity index (χ0) is 22.6. The first-order chi connectivity index (χ1) is 13.4. The summed E-state index contributed by atoms with van der Waals surface area (Å²) < 4.78 is 4.15. The maximum Gasteiger partial charge on any atom is 0.293 e. The van der Waals surface area contributed by atoms with Crippen LogP contribution in [0.5, 0.6) is 0 Å². The van der Waals surface area contributed by atoms with Crippen molar-refractivity contribution in [1.29, 1.82) is 10.5 Å². The van der Waals surface area contributed by atoms with Gasteiger partial charge in [0.05, 0.1) is 24.9 Å². The number of hydrogen-bond acceptors (Lipinski definition) is 9. The molecule has 0 radical (unpaired) electrons. The van der Waals surface area contributed by atoms with Crippen LogP contribution in [0.15, 0.2) is 11.5 Å². The largest absolute Gasteiger partial charge is 0.468 e. The van der Waals surface area contributed by atoms with Gasteiger partial charge in [-0.15, -0.1) is 4.91 Å². The molecule has 1 unspecified atom stereocenters. The standard InChI is InChI=1S/C5H9N3.C5H7NO.C4H7N.C3H6O2.H2N2O.2H2/c1-2-4-3-7-8-5(4)6;1-2-5(3-6)4-7;1-2-3-4-5;1-2-5-3-4;1-2-3;;/h3H,2H2,1H3,(H3,6,7,8);4-5H,2H2,1H3;2-3H2,1H3;3H,2H2,1H3;(H2,1,3);2*1H. The van der Waals surface area contributed by atoms with E-state index in [1.807, 2.05) is 32.9 Å². The second kappa shape index (κ2) is 31.3. The summed E-state index contributed by atoms with van der Waals surface area (Å²) in [7, 11) is 0. The Labute approximate surface area is 168 Å². The van der Waals surface area contributed by atoms with Crippen molar-refractivity contribution in [3.05, 3.63) is 16.7 Å². The summed E-state index contributed by atoms with van der Waals surface area (Å²) in [5.74, 6) is 4.22. The van der Waals surface area contributed by atoms with Crippen molar-refractivity contribution in [3.8, 4) is 12.1 Å². The van der Waals surface area contributed by atoms with Crippen LogP contribution < -0.4 is 11.6 Å². The SMILES string of the molecule is CCC(C#N)C=O.CCCC#N.CCOC=O.CCc1cn[nH]c1N.NN=O.[HH].[HH]. The number of aromatic amines is 1. The van der Waals surface area contributed by atoms with E-state index in [0.29, 0.717) is 38.0 Å². The first-order valence-corrected chi connectivity index (χ1v) is 8.51. The van der Waals surface area contributed by atoms with Gasteiger partial charge in [-0.3, -0.25) is 15.7 Å². The molecule has 0 fully saturated rings. The van der Waals surface area contributed by atoms with Crippen LogP contribution in [-0.4, -0.2) is 29.6 Å². The van der Waals surface area contributed by atoms with E-state index in [9.17, 15) is 9.59 Å². The lowest BCUT2D eigenvalue weighted by Gasteiger charge is -1.86. The van der Waals surface area contributed by atoms with Crippen molar-refractivity contribution in [1.82, 2.24) is 10.2 Å². The Morgan fingerprint density at radius 1 is 1.36 bits per heavy atom. The molecule has 1 rings (SSSR count). The number of nitrogens with one attached hydrogen (secondary N) is 1. The zero-order valence-corrected chi connectivity index (χ0v) is 16.9. The van der Waals surface area contributed by atoms with Crippen molar-refractivity contribution < 1.29 is 17.2 Å². The summed E-state index contributed by atoms with van der Waals surface area (Å²) in [6.07, 6.45) is 5.66. The number of H-pyrrole nitrogens is 1. The van der Waals surface area contributed by atoms with Gasteiger partial charge in [0.15, 0.2) is 0 Å². The Kier molecular flexibility index (Phi) is 36.0. The van der Waals surface area contributed by atoms with Gasteiger partial charge >= 0.3 is 0 Å². The highest BCUT2D eigenvalue weighted by atomic mass is 16.5. The second-order valence-corrected chi connectivity index (χ2v) is 4.51. The average molecular weight is 402 g/mol. The zero-order valence-electron chi connectivity index (χ0n) is 16.9. The van der Waals surface area contributed by atoms with Crippen LogP contribution in [0.1, 0.15) is 55.4 Å². The van der Waals surface area contributed by atoms with Crippen molar-refractivity contribution in [3.63, 3.8) is 0 Å². The van der Waals surface area contributed by atoms with Crippen molar-refractivity contribution in [2.45, 2.75) is 53.4 Å². The molecule has 28 heavy (non-hydrogen) atoms. The molecular weight excluding hydrogens is 366 g/mol. The van der Waals surface area contributed by atoms with E-state index in [-0.39, 0.29) is 8.77 Å². The molecule has 162 valence electrons. The molecule has 0 aliphatic carbocycles. The van der Waals surface area contributed by atoms with Gasteiger partial charge in [-0.2, -0.15) is 15.6 Å². The number of carbonyl (C=O) groups is 2. The summed E-state index contributed by atoms with van der Waals surface area (Å²) in [4.78, 5) is 27.3. The molecule has 0 spiro atoms. The third-order valence-electron chi connectivity index (χ3n) is 2.50. The van der Waals surface area contributed by atoms with E-state index in [0.717, 1.165) is 18.4 Å². The Morgan fingerprint density at radius 2 is 1.93 bits per heavy atom. The molecule has 1 aromatic rings. The van der Waals surface area contributed by atoms with Gasteiger partial charge in [-0.05, 0) is 26.2 Å². The number of ether oxygens (including phenoxy) is 1. The first kappa shape index (κ1) is 32.2.